The molecule has 2 aromatic carbocycles. The second kappa shape index (κ2) is 8.83. The van der Waals surface area contributed by atoms with E-state index < -0.39 is 0 Å². The smallest absolute Gasteiger partial charge is 0.246 e. The molecule has 0 saturated heterocycles. The van der Waals surface area contributed by atoms with Crippen LogP contribution in [-0.4, -0.2) is 39.2 Å². The van der Waals surface area contributed by atoms with Crippen molar-refractivity contribution in [2.24, 2.45) is 0 Å². The molecule has 1 atom stereocenters. The number of amides is 1. The third kappa shape index (κ3) is 3.98. The van der Waals surface area contributed by atoms with E-state index in [0.29, 0.717) is 17.2 Å². The molecule has 0 fully saturated rings. The number of ether oxygens (including phenoxy) is 3. The Hall–Kier alpha value is -2.95. The lowest BCUT2D eigenvalue weighted by molar-refractivity contribution is -0.127. The minimum absolute atomic E-state index is 0.0320. The maximum absolute atomic E-state index is 12.8. The standard InChI is InChI=1S/C23H27NO4/c1-24(19-11-7-9-17-8-5-6-10-18(17)19)22(25)13-12-16-14-20(26-2)23(28-4)21(15-16)27-3/h5-6,8,10,12-15,19H,7,9,11H2,1-4H3/b13-12+. The van der Waals surface area contributed by atoms with Gasteiger partial charge in [-0.1, -0.05) is 24.3 Å². The summed E-state index contributed by atoms with van der Waals surface area (Å²) in [6.45, 7) is 0. The first-order valence-corrected chi connectivity index (χ1v) is 9.41. The highest BCUT2D eigenvalue weighted by atomic mass is 16.5. The van der Waals surface area contributed by atoms with E-state index in [-0.39, 0.29) is 11.9 Å². The minimum atomic E-state index is -0.0320. The Balaban J connectivity index is 1.81. The minimum Gasteiger partial charge on any atom is -0.493 e. The van der Waals surface area contributed by atoms with Crippen LogP contribution in [0.5, 0.6) is 17.2 Å². The fourth-order valence-corrected chi connectivity index (χ4v) is 3.77. The van der Waals surface area contributed by atoms with Crippen molar-refractivity contribution in [3.63, 3.8) is 0 Å². The van der Waals surface area contributed by atoms with Gasteiger partial charge in [0.25, 0.3) is 0 Å². The number of hydrogen-bond acceptors (Lipinski definition) is 4. The Morgan fingerprint density at radius 3 is 2.39 bits per heavy atom. The molecule has 148 valence electrons. The van der Waals surface area contributed by atoms with Gasteiger partial charge < -0.3 is 19.1 Å². The fraction of sp³-hybridized carbons (Fsp3) is 0.348. The number of methoxy groups -OCH3 is 3. The van der Waals surface area contributed by atoms with Crippen molar-refractivity contribution in [1.82, 2.24) is 4.90 Å². The van der Waals surface area contributed by atoms with Gasteiger partial charge in [0.15, 0.2) is 11.5 Å². The van der Waals surface area contributed by atoms with Gasteiger partial charge in [0, 0.05) is 13.1 Å². The maximum Gasteiger partial charge on any atom is 0.246 e. The Morgan fingerprint density at radius 1 is 1.07 bits per heavy atom. The molecule has 0 radical (unpaired) electrons. The van der Waals surface area contributed by atoms with Crippen molar-refractivity contribution >= 4 is 12.0 Å². The van der Waals surface area contributed by atoms with Gasteiger partial charge in [-0.25, -0.2) is 0 Å². The van der Waals surface area contributed by atoms with Crippen LogP contribution in [0.3, 0.4) is 0 Å². The largest absolute Gasteiger partial charge is 0.493 e. The first kappa shape index (κ1) is 19.8. The molecule has 3 rings (SSSR count). The fourth-order valence-electron chi connectivity index (χ4n) is 3.77. The van der Waals surface area contributed by atoms with Crippen molar-refractivity contribution in [2.45, 2.75) is 25.3 Å². The highest BCUT2D eigenvalue weighted by Crippen LogP contribution is 2.38. The summed E-state index contributed by atoms with van der Waals surface area (Å²) in [4.78, 5) is 14.6. The molecule has 0 aromatic heterocycles. The quantitative estimate of drug-likeness (QED) is 0.702. The van der Waals surface area contributed by atoms with E-state index >= 15 is 0 Å². The normalized spacial score (nSPS) is 15.8. The molecule has 1 amide bonds. The molecule has 0 N–H and O–H groups in total. The second-order valence-electron chi connectivity index (χ2n) is 6.85. The van der Waals surface area contributed by atoms with Gasteiger partial charge in [0.2, 0.25) is 11.7 Å². The zero-order valence-electron chi connectivity index (χ0n) is 16.9. The average Bonchev–Trinajstić information content (AvgIpc) is 2.75. The summed E-state index contributed by atoms with van der Waals surface area (Å²) in [6.07, 6.45) is 6.53. The number of carbonyl (C=O) groups is 1. The summed E-state index contributed by atoms with van der Waals surface area (Å²) >= 11 is 0. The van der Waals surface area contributed by atoms with Crippen LogP contribution in [0, 0.1) is 0 Å². The predicted octanol–water partition coefficient (Wildman–Crippen LogP) is 4.26. The zero-order valence-corrected chi connectivity index (χ0v) is 16.9. The molecule has 1 aliphatic rings. The Morgan fingerprint density at radius 2 is 1.75 bits per heavy atom. The summed E-state index contributed by atoms with van der Waals surface area (Å²) in [5.41, 5.74) is 3.40. The first-order chi connectivity index (χ1) is 13.6. The molecule has 0 heterocycles. The highest BCUT2D eigenvalue weighted by molar-refractivity contribution is 5.92. The number of fused-ring (bicyclic) bond motifs is 1. The van der Waals surface area contributed by atoms with Crippen LogP contribution in [-0.2, 0) is 11.2 Å². The average molecular weight is 381 g/mol. The molecule has 28 heavy (non-hydrogen) atoms. The van der Waals surface area contributed by atoms with Crippen LogP contribution in [0.25, 0.3) is 6.08 Å². The third-order valence-corrected chi connectivity index (χ3v) is 5.26. The van der Waals surface area contributed by atoms with Crippen molar-refractivity contribution in [1.29, 1.82) is 0 Å². The van der Waals surface area contributed by atoms with Gasteiger partial charge in [0.1, 0.15) is 0 Å². The van der Waals surface area contributed by atoms with Gasteiger partial charge in [-0.15, -0.1) is 0 Å². The zero-order chi connectivity index (χ0) is 20.1. The van der Waals surface area contributed by atoms with Crippen LogP contribution in [0.15, 0.2) is 42.5 Å². The van der Waals surface area contributed by atoms with Crippen LogP contribution in [0.2, 0.25) is 0 Å². The molecular weight excluding hydrogens is 354 g/mol. The summed E-state index contributed by atoms with van der Waals surface area (Å²) in [7, 11) is 6.58. The summed E-state index contributed by atoms with van der Waals surface area (Å²) in [6, 6.07) is 12.1. The Labute approximate surface area is 166 Å². The van der Waals surface area contributed by atoms with Crippen molar-refractivity contribution in [3.8, 4) is 17.2 Å². The number of likely N-dealkylation sites (N-methyl/N-ethyl adjacent to an activating group) is 1. The van der Waals surface area contributed by atoms with Crippen molar-refractivity contribution < 1.29 is 19.0 Å². The number of hydrogen-bond donors (Lipinski definition) is 0. The molecule has 2 aromatic rings. The molecule has 1 aliphatic carbocycles. The second-order valence-corrected chi connectivity index (χ2v) is 6.85. The van der Waals surface area contributed by atoms with Gasteiger partial charge in [0.05, 0.1) is 27.4 Å². The predicted molar refractivity (Wildman–Crippen MR) is 110 cm³/mol. The van der Waals surface area contributed by atoms with E-state index in [4.69, 9.17) is 14.2 Å². The van der Waals surface area contributed by atoms with E-state index in [0.717, 1.165) is 24.8 Å². The Bertz CT molecular complexity index is 850. The van der Waals surface area contributed by atoms with Crippen LogP contribution < -0.4 is 14.2 Å². The van der Waals surface area contributed by atoms with E-state index in [1.807, 2.05) is 30.1 Å². The molecular formula is C23H27NO4. The van der Waals surface area contributed by atoms with Gasteiger partial charge >= 0.3 is 0 Å². The molecule has 1 unspecified atom stereocenters. The topological polar surface area (TPSA) is 48.0 Å². The molecule has 0 aliphatic heterocycles. The van der Waals surface area contributed by atoms with Gasteiger partial charge in [-0.2, -0.15) is 0 Å². The van der Waals surface area contributed by atoms with E-state index in [2.05, 4.69) is 18.2 Å². The molecule has 5 heteroatoms. The van der Waals surface area contributed by atoms with E-state index in [1.54, 1.807) is 33.5 Å². The van der Waals surface area contributed by atoms with Crippen molar-refractivity contribution in [2.75, 3.05) is 28.4 Å². The molecule has 0 bridgehead atoms. The molecule has 0 saturated carbocycles. The van der Waals surface area contributed by atoms with E-state index in [1.165, 1.54) is 11.1 Å². The van der Waals surface area contributed by atoms with E-state index in [9.17, 15) is 4.79 Å². The highest BCUT2D eigenvalue weighted by Gasteiger charge is 2.25. The van der Waals surface area contributed by atoms with Gasteiger partial charge in [-0.3, -0.25) is 4.79 Å². The summed E-state index contributed by atoms with van der Waals surface area (Å²) in [5, 5.41) is 0. The number of carbonyl (C=O) groups excluding carboxylic acids is 1. The number of benzene rings is 2. The maximum atomic E-state index is 12.8. The monoisotopic (exact) mass is 381 g/mol. The lowest BCUT2D eigenvalue weighted by Gasteiger charge is -2.32. The van der Waals surface area contributed by atoms with Crippen LogP contribution >= 0.6 is 0 Å². The summed E-state index contributed by atoms with van der Waals surface area (Å²) in [5.74, 6) is 1.62. The Kier molecular flexibility index (Phi) is 6.24. The lowest BCUT2D eigenvalue weighted by atomic mass is 9.87. The molecule has 0 spiro atoms. The number of rotatable bonds is 6. The third-order valence-electron chi connectivity index (χ3n) is 5.26. The lowest BCUT2D eigenvalue weighted by Crippen LogP contribution is -2.32. The molecule has 5 nitrogen and oxygen atoms in total. The number of nitrogens with zero attached hydrogens (tertiary/aromatic N) is 1. The van der Waals surface area contributed by atoms with Crippen molar-refractivity contribution in [3.05, 3.63) is 59.2 Å². The summed E-state index contributed by atoms with van der Waals surface area (Å²) < 4.78 is 16.1. The van der Waals surface area contributed by atoms with Crippen LogP contribution in [0.1, 0.15) is 35.6 Å². The SMILES string of the molecule is COc1cc(/C=C/C(=O)N(C)C2CCCc3ccccc32)cc(OC)c1OC. The van der Waals surface area contributed by atoms with Crippen LogP contribution in [0.4, 0.5) is 0 Å². The first-order valence-electron chi connectivity index (χ1n) is 9.41. The van der Waals surface area contributed by atoms with Gasteiger partial charge in [-0.05, 0) is 54.2 Å². The number of aryl methyl sites for hydroxylation is 1.